The Morgan fingerprint density at radius 2 is 2.13 bits per heavy atom. The fourth-order valence-corrected chi connectivity index (χ4v) is 2.98. The Morgan fingerprint density at radius 1 is 1.35 bits per heavy atom. The summed E-state index contributed by atoms with van der Waals surface area (Å²) < 4.78 is 7.49. The van der Waals surface area contributed by atoms with Crippen LogP contribution in [0.1, 0.15) is 44.3 Å². The van der Waals surface area contributed by atoms with E-state index < -0.39 is 0 Å². The summed E-state index contributed by atoms with van der Waals surface area (Å²) in [6.07, 6.45) is 7.18. The Hall–Kier alpha value is -1.95. The standard InChI is InChI=1S/C17H24N4O2/c1-13(2)15-9-19-16(23-15)11-20-7-4-14(5-8-20)10-21-12-18-6-3-17(21)22/h3,6,9,12-14H,4-5,7-8,10-11H2,1-2H3. The molecular formula is C17H24N4O2. The predicted octanol–water partition coefficient (Wildman–Crippen LogP) is 2.27. The van der Waals surface area contributed by atoms with Crippen molar-refractivity contribution in [2.75, 3.05) is 13.1 Å². The van der Waals surface area contributed by atoms with Gasteiger partial charge in [-0.05, 0) is 31.8 Å². The van der Waals surface area contributed by atoms with Gasteiger partial charge in [-0.15, -0.1) is 0 Å². The molecule has 1 saturated heterocycles. The van der Waals surface area contributed by atoms with Crippen LogP contribution in [0.4, 0.5) is 0 Å². The maximum atomic E-state index is 11.7. The lowest BCUT2D eigenvalue weighted by Crippen LogP contribution is -2.36. The molecule has 0 radical (unpaired) electrons. The number of rotatable bonds is 5. The zero-order valence-corrected chi connectivity index (χ0v) is 13.8. The normalized spacial score (nSPS) is 17.0. The highest BCUT2D eigenvalue weighted by Gasteiger charge is 2.21. The fourth-order valence-electron chi connectivity index (χ4n) is 2.98. The van der Waals surface area contributed by atoms with Crippen LogP contribution in [0.15, 0.2) is 34.0 Å². The summed E-state index contributed by atoms with van der Waals surface area (Å²) in [7, 11) is 0. The lowest BCUT2D eigenvalue weighted by Gasteiger charge is -2.31. The van der Waals surface area contributed by atoms with Crippen molar-refractivity contribution in [3.8, 4) is 0 Å². The quantitative estimate of drug-likeness (QED) is 0.846. The van der Waals surface area contributed by atoms with E-state index in [1.807, 2.05) is 6.20 Å². The average Bonchev–Trinajstić information content (AvgIpc) is 3.00. The molecule has 0 bridgehead atoms. The molecule has 1 aliphatic heterocycles. The summed E-state index contributed by atoms with van der Waals surface area (Å²) in [5, 5.41) is 0. The average molecular weight is 316 g/mol. The summed E-state index contributed by atoms with van der Waals surface area (Å²) in [4.78, 5) is 22.5. The van der Waals surface area contributed by atoms with Gasteiger partial charge in [-0.1, -0.05) is 13.8 Å². The number of hydrogen-bond acceptors (Lipinski definition) is 5. The van der Waals surface area contributed by atoms with Gasteiger partial charge >= 0.3 is 0 Å². The van der Waals surface area contributed by atoms with Gasteiger partial charge in [0.25, 0.3) is 5.56 Å². The molecule has 23 heavy (non-hydrogen) atoms. The molecule has 0 aliphatic carbocycles. The molecule has 0 spiro atoms. The molecule has 0 amide bonds. The highest BCUT2D eigenvalue weighted by Crippen LogP contribution is 2.21. The SMILES string of the molecule is CC(C)c1cnc(CN2CCC(Cn3cnccc3=O)CC2)o1. The third-order valence-electron chi connectivity index (χ3n) is 4.45. The van der Waals surface area contributed by atoms with Crippen LogP contribution in [-0.2, 0) is 13.1 Å². The Morgan fingerprint density at radius 3 is 2.78 bits per heavy atom. The molecule has 1 aliphatic rings. The second kappa shape index (κ2) is 7.08. The van der Waals surface area contributed by atoms with Crippen molar-refractivity contribution in [1.29, 1.82) is 0 Å². The molecule has 0 aromatic carbocycles. The van der Waals surface area contributed by atoms with E-state index in [1.165, 1.54) is 6.07 Å². The zero-order valence-electron chi connectivity index (χ0n) is 13.8. The summed E-state index contributed by atoms with van der Waals surface area (Å²) in [6.45, 7) is 7.77. The first-order chi connectivity index (χ1) is 11.1. The largest absolute Gasteiger partial charge is 0.444 e. The van der Waals surface area contributed by atoms with Crippen molar-refractivity contribution in [3.05, 3.63) is 46.8 Å². The van der Waals surface area contributed by atoms with Gasteiger partial charge in [0.05, 0.1) is 19.1 Å². The molecule has 0 N–H and O–H groups in total. The van der Waals surface area contributed by atoms with Gasteiger partial charge in [-0.25, -0.2) is 9.97 Å². The Kier molecular flexibility index (Phi) is 4.91. The topological polar surface area (TPSA) is 64.2 Å². The summed E-state index contributed by atoms with van der Waals surface area (Å²) in [6, 6.07) is 1.52. The minimum Gasteiger partial charge on any atom is -0.444 e. The van der Waals surface area contributed by atoms with Gasteiger partial charge in [0, 0.05) is 24.7 Å². The maximum Gasteiger partial charge on any atom is 0.253 e. The Labute approximate surface area is 136 Å². The smallest absolute Gasteiger partial charge is 0.253 e. The summed E-state index contributed by atoms with van der Waals surface area (Å²) in [5.41, 5.74) is 0.0310. The van der Waals surface area contributed by atoms with Crippen LogP contribution >= 0.6 is 0 Å². The van der Waals surface area contributed by atoms with Gasteiger partial charge in [0.1, 0.15) is 5.76 Å². The van der Waals surface area contributed by atoms with Gasteiger partial charge in [-0.3, -0.25) is 14.3 Å². The number of oxazole rings is 1. The third kappa shape index (κ3) is 4.07. The van der Waals surface area contributed by atoms with Crippen molar-refractivity contribution in [2.24, 2.45) is 5.92 Å². The fraction of sp³-hybridized carbons (Fsp3) is 0.588. The van der Waals surface area contributed by atoms with E-state index in [0.29, 0.717) is 11.8 Å². The van der Waals surface area contributed by atoms with E-state index in [0.717, 1.165) is 50.7 Å². The van der Waals surface area contributed by atoms with Crippen LogP contribution < -0.4 is 5.56 Å². The van der Waals surface area contributed by atoms with Gasteiger partial charge in [0.2, 0.25) is 5.89 Å². The molecule has 2 aromatic heterocycles. The molecule has 124 valence electrons. The molecule has 0 unspecified atom stereocenters. The van der Waals surface area contributed by atoms with Crippen LogP contribution in [-0.4, -0.2) is 32.5 Å². The second-order valence-corrected chi connectivity index (χ2v) is 6.60. The van der Waals surface area contributed by atoms with Crippen molar-refractivity contribution >= 4 is 0 Å². The van der Waals surface area contributed by atoms with Gasteiger partial charge in [0.15, 0.2) is 0 Å². The van der Waals surface area contributed by atoms with E-state index in [1.54, 1.807) is 17.1 Å². The van der Waals surface area contributed by atoms with E-state index >= 15 is 0 Å². The lowest BCUT2D eigenvalue weighted by atomic mass is 9.97. The highest BCUT2D eigenvalue weighted by atomic mass is 16.4. The van der Waals surface area contributed by atoms with E-state index in [-0.39, 0.29) is 5.56 Å². The van der Waals surface area contributed by atoms with Crippen LogP contribution in [0, 0.1) is 5.92 Å². The first-order valence-corrected chi connectivity index (χ1v) is 8.29. The van der Waals surface area contributed by atoms with Gasteiger partial charge < -0.3 is 4.42 Å². The molecule has 2 aromatic rings. The Bertz CT molecular complexity index is 684. The molecule has 3 heterocycles. The first-order valence-electron chi connectivity index (χ1n) is 8.29. The molecule has 1 fully saturated rings. The van der Waals surface area contributed by atoms with E-state index in [9.17, 15) is 4.79 Å². The molecule has 0 atom stereocenters. The molecule has 6 nitrogen and oxygen atoms in total. The van der Waals surface area contributed by atoms with Crippen LogP contribution in [0.2, 0.25) is 0 Å². The number of hydrogen-bond donors (Lipinski definition) is 0. The first kappa shape index (κ1) is 15.9. The van der Waals surface area contributed by atoms with E-state index in [4.69, 9.17) is 4.42 Å². The molecule has 3 rings (SSSR count). The zero-order chi connectivity index (χ0) is 16.2. The maximum absolute atomic E-state index is 11.7. The monoisotopic (exact) mass is 316 g/mol. The number of likely N-dealkylation sites (tertiary alicyclic amines) is 1. The Balaban J connectivity index is 1.50. The van der Waals surface area contributed by atoms with Crippen molar-refractivity contribution in [3.63, 3.8) is 0 Å². The summed E-state index contributed by atoms with van der Waals surface area (Å²) >= 11 is 0. The molecular weight excluding hydrogens is 292 g/mol. The van der Waals surface area contributed by atoms with Crippen molar-refractivity contribution in [1.82, 2.24) is 19.4 Å². The summed E-state index contributed by atoms with van der Waals surface area (Å²) in [5.74, 6) is 2.66. The molecule has 0 saturated carbocycles. The van der Waals surface area contributed by atoms with Crippen LogP contribution in [0.25, 0.3) is 0 Å². The second-order valence-electron chi connectivity index (χ2n) is 6.60. The van der Waals surface area contributed by atoms with Crippen molar-refractivity contribution in [2.45, 2.75) is 45.7 Å². The van der Waals surface area contributed by atoms with E-state index in [2.05, 4.69) is 28.7 Å². The van der Waals surface area contributed by atoms with Crippen LogP contribution in [0.5, 0.6) is 0 Å². The molecule has 6 heteroatoms. The number of nitrogens with zero attached hydrogens (tertiary/aromatic N) is 4. The highest BCUT2D eigenvalue weighted by molar-refractivity contribution is 4.99. The lowest BCUT2D eigenvalue weighted by molar-refractivity contribution is 0.153. The number of piperidine rings is 1. The van der Waals surface area contributed by atoms with Crippen molar-refractivity contribution < 1.29 is 4.42 Å². The minimum absolute atomic E-state index is 0.0310. The van der Waals surface area contributed by atoms with Gasteiger partial charge in [-0.2, -0.15) is 0 Å². The third-order valence-corrected chi connectivity index (χ3v) is 4.45. The minimum atomic E-state index is 0.0310. The number of aromatic nitrogens is 3. The predicted molar refractivity (Wildman–Crippen MR) is 87.1 cm³/mol. The van der Waals surface area contributed by atoms with Crippen LogP contribution in [0.3, 0.4) is 0 Å².